The molecule has 1 aromatic carbocycles. The van der Waals surface area contributed by atoms with Crippen molar-refractivity contribution in [3.63, 3.8) is 0 Å². The van der Waals surface area contributed by atoms with E-state index in [0.717, 1.165) is 16.8 Å². The molecule has 4 aromatic rings. The van der Waals surface area contributed by atoms with Crippen LogP contribution in [-0.4, -0.2) is 71.6 Å². The summed E-state index contributed by atoms with van der Waals surface area (Å²) in [5.74, 6) is -0.0703. The zero-order chi connectivity index (χ0) is 25.6. The van der Waals surface area contributed by atoms with E-state index in [2.05, 4.69) is 61.3 Å². The maximum atomic E-state index is 13.7. The molecule has 3 aromatic heterocycles. The van der Waals surface area contributed by atoms with Crippen molar-refractivity contribution in [2.24, 2.45) is 0 Å². The molecule has 0 saturated carbocycles. The van der Waals surface area contributed by atoms with Gasteiger partial charge in [0, 0.05) is 37.0 Å². The second kappa shape index (κ2) is 8.89. The Hall–Kier alpha value is -4.01. The van der Waals surface area contributed by atoms with E-state index in [-0.39, 0.29) is 17.7 Å². The molecule has 2 amide bonds. The summed E-state index contributed by atoms with van der Waals surface area (Å²) >= 11 is 0. The van der Waals surface area contributed by atoms with Crippen molar-refractivity contribution in [2.75, 3.05) is 19.6 Å². The molecule has 36 heavy (non-hydrogen) atoms. The molecule has 9 nitrogen and oxygen atoms in total. The molecule has 9 heteroatoms. The third kappa shape index (κ3) is 4.25. The Labute approximate surface area is 210 Å². The number of nitrogens with zero attached hydrogens (tertiary/aromatic N) is 6. The minimum absolute atomic E-state index is 0.116. The number of carbonyl (C=O) groups excluding carboxylic acids is 2. The number of H-pyrrole nitrogens is 1. The molecule has 0 aliphatic carbocycles. The molecule has 1 N–H and O–H groups in total. The lowest BCUT2D eigenvalue weighted by Crippen LogP contribution is -2.62. The number of nitrogens with one attached hydrogen (secondary N) is 1. The van der Waals surface area contributed by atoms with Crippen molar-refractivity contribution in [3.05, 3.63) is 71.3 Å². The van der Waals surface area contributed by atoms with Crippen molar-refractivity contribution in [3.8, 4) is 11.3 Å². The molecule has 1 saturated heterocycles. The number of piperazine rings is 1. The number of carbonyl (C=O) groups is 2. The monoisotopic (exact) mass is 485 g/mol. The lowest BCUT2D eigenvalue weighted by Gasteiger charge is -2.46. The van der Waals surface area contributed by atoms with Crippen LogP contribution >= 0.6 is 0 Å². The first-order valence-corrected chi connectivity index (χ1v) is 12.2. The molecule has 0 spiro atoms. The van der Waals surface area contributed by atoms with Gasteiger partial charge in [-0.05, 0) is 38.8 Å². The van der Waals surface area contributed by atoms with Gasteiger partial charge >= 0.3 is 0 Å². The maximum Gasteiger partial charge on any atom is 0.274 e. The largest absolute Gasteiger partial charge is 0.333 e. The molecule has 1 fully saturated rings. The molecule has 5 rings (SSSR count). The van der Waals surface area contributed by atoms with Gasteiger partial charge in [-0.3, -0.25) is 14.7 Å². The van der Waals surface area contributed by atoms with Crippen LogP contribution in [0.3, 0.4) is 0 Å². The van der Waals surface area contributed by atoms with Crippen molar-refractivity contribution >= 4 is 17.5 Å². The standard InChI is InChI=1S/C27H31N7O2/c1-17(2)20-14-22(19-8-6-18(3)7-9-19)31-34-15-23(29-24(20)34)26(36)33-13-12-32(16-27(33,4)5)25(35)21-10-11-28-30-21/h6-11,14-15,17H,12-13,16H2,1-5H3,(H,28,30). The maximum absolute atomic E-state index is 13.7. The van der Waals surface area contributed by atoms with Crippen molar-refractivity contribution in [2.45, 2.75) is 46.1 Å². The van der Waals surface area contributed by atoms with Crippen LogP contribution < -0.4 is 0 Å². The number of rotatable bonds is 4. The van der Waals surface area contributed by atoms with Crippen LogP contribution in [0.4, 0.5) is 0 Å². The van der Waals surface area contributed by atoms with Gasteiger partial charge in [-0.25, -0.2) is 9.50 Å². The highest BCUT2D eigenvalue weighted by atomic mass is 16.2. The van der Waals surface area contributed by atoms with Gasteiger partial charge in [0.1, 0.15) is 11.4 Å². The first-order valence-electron chi connectivity index (χ1n) is 12.2. The number of hydrogen-bond acceptors (Lipinski definition) is 5. The van der Waals surface area contributed by atoms with Crippen LogP contribution in [0, 0.1) is 6.92 Å². The quantitative estimate of drug-likeness (QED) is 0.472. The third-order valence-corrected chi connectivity index (χ3v) is 6.81. The van der Waals surface area contributed by atoms with Crippen LogP contribution in [-0.2, 0) is 0 Å². The first kappa shape index (κ1) is 23.7. The van der Waals surface area contributed by atoms with E-state index in [1.807, 2.05) is 13.8 Å². The van der Waals surface area contributed by atoms with Gasteiger partial charge in [0.15, 0.2) is 5.65 Å². The number of benzene rings is 1. The Balaban J connectivity index is 1.45. The number of aryl methyl sites for hydroxylation is 1. The van der Waals surface area contributed by atoms with Crippen LogP contribution in [0.1, 0.15) is 65.7 Å². The topological polar surface area (TPSA) is 99.5 Å². The molecule has 0 radical (unpaired) electrons. The number of hydrogen-bond donors (Lipinski definition) is 1. The van der Waals surface area contributed by atoms with Gasteiger partial charge < -0.3 is 9.80 Å². The highest BCUT2D eigenvalue weighted by Crippen LogP contribution is 2.28. The fourth-order valence-electron chi connectivity index (χ4n) is 4.78. The fraction of sp³-hybridized carbons (Fsp3) is 0.370. The molecule has 4 heterocycles. The van der Waals surface area contributed by atoms with E-state index < -0.39 is 5.54 Å². The Morgan fingerprint density at radius 3 is 2.44 bits per heavy atom. The summed E-state index contributed by atoms with van der Waals surface area (Å²) in [6.45, 7) is 11.5. The third-order valence-electron chi connectivity index (χ3n) is 6.81. The van der Waals surface area contributed by atoms with Gasteiger partial charge in [0.05, 0.1) is 17.4 Å². The van der Waals surface area contributed by atoms with E-state index >= 15 is 0 Å². The van der Waals surface area contributed by atoms with Gasteiger partial charge in [-0.15, -0.1) is 0 Å². The lowest BCUT2D eigenvalue weighted by molar-refractivity contribution is 0.0163. The van der Waals surface area contributed by atoms with Gasteiger partial charge in [0.2, 0.25) is 0 Å². The Morgan fingerprint density at radius 1 is 1.06 bits per heavy atom. The molecular weight excluding hydrogens is 454 g/mol. The minimum atomic E-state index is -0.567. The lowest BCUT2D eigenvalue weighted by atomic mass is 9.98. The van der Waals surface area contributed by atoms with E-state index in [1.54, 1.807) is 32.8 Å². The number of aromatic amines is 1. The predicted molar refractivity (Wildman–Crippen MR) is 137 cm³/mol. The zero-order valence-electron chi connectivity index (χ0n) is 21.3. The van der Waals surface area contributed by atoms with Crippen LogP contribution in [0.25, 0.3) is 16.9 Å². The Bertz CT molecular complexity index is 1420. The van der Waals surface area contributed by atoms with Crippen molar-refractivity contribution in [1.29, 1.82) is 0 Å². The van der Waals surface area contributed by atoms with E-state index in [4.69, 9.17) is 10.1 Å². The zero-order valence-corrected chi connectivity index (χ0v) is 21.3. The summed E-state index contributed by atoms with van der Waals surface area (Å²) in [5, 5.41) is 11.4. The van der Waals surface area contributed by atoms with Crippen LogP contribution in [0.5, 0.6) is 0 Å². The fourth-order valence-corrected chi connectivity index (χ4v) is 4.78. The van der Waals surface area contributed by atoms with Crippen LogP contribution in [0.2, 0.25) is 0 Å². The second-order valence-corrected chi connectivity index (χ2v) is 10.4. The van der Waals surface area contributed by atoms with Crippen molar-refractivity contribution < 1.29 is 9.59 Å². The number of aromatic nitrogens is 5. The summed E-state index contributed by atoms with van der Waals surface area (Å²) in [6.07, 6.45) is 3.28. The second-order valence-electron chi connectivity index (χ2n) is 10.4. The normalized spacial score (nSPS) is 15.6. The SMILES string of the molecule is Cc1ccc(-c2cc(C(C)C)c3nc(C(=O)N4CCN(C(=O)c5ccn[nH]5)CC4(C)C)cn3n2)cc1. The molecule has 1 aliphatic rings. The van der Waals surface area contributed by atoms with Gasteiger partial charge in [-0.1, -0.05) is 43.7 Å². The minimum Gasteiger partial charge on any atom is -0.333 e. The highest BCUT2D eigenvalue weighted by molar-refractivity contribution is 5.95. The molecule has 1 aliphatic heterocycles. The number of fused-ring (bicyclic) bond motifs is 1. The van der Waals surface area contributed by atoms with Crippen LogP contribution in [0.15, 0.2) is 48.8 Å². The molecule has 0 bridgehead atoms. The van der Waals surface area contributed by atoms with E-state index in [0.29, 0.717) is 36.7 Å². The highest BCUT2D eigenvalue weighted by Gasteiger charge is 2.40. The summed E-state index contributed by atoms with van der Waals surface area (Å²) in [5.41, 5.74) is 5.01. The predicted octanol–water partition coefficient (Wildman–Crippen LogP) is 3.93. The molecule has 0 unspecified atom stereocenters. The first-order chi connectivity index (χ1) is 17.1. The van der Waals surface area contributed by atoms with Gasteiger partial charge in [-0.2, -0.15) is 10.2 Å². The van der Waals surface area contributed by atoms with Crippen molar-refractivity contribution in [1.82, 2.24) is 34.6 Å². The van der Waals surface area contributed by atoms with E-state index in [1.165, 1.54) is 5.56 Å². The summed E-state index contributed by atoms with van der Waals surface area (Å²) in [4.78, 5) is 34.8. The number of imidazole rings is 1. The molecule has 186 valence electrons. The summed E-state index contributed by atoms with van der Waals surface area (Å²) in [6, 6.07) is 12.0. The summed E-state index contributed by atoms with van der Waals surface area (Å²) < 4.78 is 1.72. The molecular formula is C27H31N7O2. The average molecular weight is 486 g/mol. The molecule has 0 atom stereocenters. The Kier molecular flexibility index (Phi) is 5.86. The van der Waals surface area contributed by atoms with E-state index in [9.17, 15) is 9.59 Å². The summed E-state index contributed by atoms with van der Waals surface area (Å²) in [7, 11) is 0. The smallest absolute Gasteiger partial charge is 0.274 e. The Morgan fingerprint density at radius 2 is 1.81 bits per heavy atom. The van der Waals surface area contributed by atoms with Gasteiger partial charge in [0.25, 0.3) is 11.8 Å². The number of amides is 2. The average Bonchev–Trinajstić information content (AvgIpc) is 3.52.